The molecule has 0 radical (unpaired) electrons. The van der Waals surface area contributed by atoms with Crippen molar-refractivity contribution in [2.75, 3.05) is 13.2 Å². The molecule has 0 unspecified atom stereocenters. The highest BCUT2D eigenvalue weighted by molar-refractivity contribution is 7.09. The lowest BCUT2D eigenvalue weighted by molar-refractivity contribution is 0.109. The highest BCUT2D eigenvalue weighted by atomic mass is 32.1. The molecule has 4 heteroatoms. The third-order valence-electron chi connectivity index (χ3n) is 4.00. The van der Waals surface area contributed by atoms with Gasteiger partial charge in [-0.25, -0.2) is 4.98 Å². The summed E-state index contributed by atoms with van der Waals surface area (Å²) in [6, 6.07) is 7.96. The van der Waals surface area contributed by atoms with Crippen molar-refractivity contribution in [1.82, 2.24) is 4.98 Å². The van der Waals surface area contributed by atoms with Crippen molar-refractivity contribution in [2.45, 2.75) is 32.1 Å². The third-order valence-corrected chi connectivity index (χ3v) is 4.99. The van der Waals surface area contributed by atoms with E-state index in [0.717, 1.165) is 23.2 Å². The Kier molecular flexibility index (Phi) is 4.91. The van der Waals surface area contributed by atoms with Crippen molar-refractivity contribution in [3.8, 4) is 0 Å². The summed E-state index contributed by atoms with van der Waals surface area (Å²) in [5.41, 5.74) is 4.45. The van der Waals surface area contributed by atoms with Gasteiger partial charge in [0.05, 0.1) is 24.4 Å². The number of hydrogen-bond acceptors (Lipinski definition) is 4. The van der Waals surface area contributed by atoms with Crippen LogP contribution >= 0.6 is 11.3 Å². The number of benzene rings is 1. The van der Waals surface area contributed by atoms with Crippen LogP contribution in [0.15, 0.2) is 29.8 Å². The van der Waals surface area contributed by atoms with E-state index in [1.165, 1.54) is 4.88 Å². The fraction of sp³-hybridized carbons (Fsp3) is 0.438. The smallest absolute Gasteiger partial charge is 0.0797 e. The molecule has 0 bridgehead atoms. The molecule has 20 heavy (non-hydrogen) atoms. The van der Waals surface area contributed by atoms with Crippen LogP contribution in [0.25, 0.3) is 0 Å². The Bertz CT molecular complexity index is 561. The van der Waals surface area contributed by atoms with Crippen molar-refractivity contribution < 1.29 is 10.2 Å². The average Bonchev–Trinajstić information content (AvgIpc) is 2.87. The molecule has 1 heterocycles. The standard InChI is InChI=1S/C16H21NO2S/c1-12-5-3-4-6-14(12)16(9-18,10-19)8-7-15-13(2)17-11-20-15/h3-6,11,18-19H,7-10H2,1-2H3. The molecule has 0 fully saturated rings. The summed E-state index contributed by atoms with van der Waals surface area (Å²) in [6.07, 6.45) is 1.54. The molecule has 2 N–H and O–H groups in total. The van der Waals surface area contributed by atoms with Gasteiger partial charge in [-0.2, -0.15) is 0 Å². The van der Waals surface area contributed by atoms with Gasteiger partial charge >= 0.3 is 0 Å². The van der Waals surface area contributed by atoms with Gasteiger partial charge in [-0.15, -0.1) is 11.3 Å². The Balaban J connectivity index is 2.26. The molecule has 2 aromatic rings. The molecule has 0 aliphatic heterocycles. The Hall–Kier alpha value is -1.23. The molecule has 1 aromatic carbocycles. The molecular formula is C16H21NO2S. The van der Waals surface area contributed by atoms with Gasteiger partial charge in [0.2, 0.25) is 0 Å². The van der Waals surface area contributed by atoms with E-state index >= 15 is 0 Å². The van der Waals surface area contributed by atoms with Gasteiger partial charge in [0.1, 0.15) is 0 Å². The predicted molar refractivity (Wildman–Crippen MR) is 82.2 cm³/mol. The lowest BCUT2D eigenvalue weighted by Crippen LogP contribution is -2.36. The zero-order valence-electron chi connectivity index (χ0n) is 12.0. The SMILES string of the molecule is Cc1ccccc1C(CO)(CO)CCc1scnc1C. The van der Waals surface area contributed by atoms with Gasteiger partial charge in [-0.05, 0) is 37.8 Å². The summed E-state index contributed by atoms with van der Waals surface area (Å²) < 4.78 is 0. The maximum Gasteiger partial charge on any atom is 0.0797 e. The molecule has 0 amide bonds. The quantitative estimate of drug-likeness (QED) is 0.860. The maximum absolute atomic E-state index is 9.88. The first-order valence-electron chi connectivity index (χ1n) is 6.80. The Morgan fingerprint density at radius 3 is 2.40 bits per heavy atom. The largest absolute Gasteiger partial charge is 0.395 e. The van der Waals surface area contributed by atoms with E-state index in [1.54, 1.807) is 11.3 Å². The second-order valence-electron chi connectivity index (χ2n) is 5.27. The average molecular weight is 291 g/mol. The van der Waals surface area contributed by atoms with E-state index in [-0.39, 0.29) is 13.2 Å². The molecule has 3 nitrogen and oxygen atoms in total. The normalized spacial score (nSPS) is 11.8. The summed E-state index contributed by atoms with van der Waals surface area (Å²) in [7, 11) is 0. The predicted octanol–water partition coefficient (Wildman–Crippen LogP) is 2.62. The van der Waals surface area contributed by atoms with E-state index in [4.69, 9.17) is 0 Å². The molecule has 0 saturated carbocycles. The van der Waals surface area contributed by atoms with Gasteiger partial charge < -0.3 is 10.2 Å². The van der Waals surface area contributed by atoms with Gasteiger partial charge in [0, 0.05) is 10.3 Å². The molecule has 0 aliphatic rings. The first kappa shape index (κ1) is 15.2. The number of thiazole rings is 1. The summed E-state index contributed by atoms with van der Waals surface area (Å²) in [5.74, 6) is 0. The number of aliphatic hydroxyl groups is 2. The van der Waals surface area contributed by atoms with E-state index in [0.29, 0.717) is 6.42 Å². The zero-order chi connectivity index (χ0) is 14.6. The minimum atomic E-state index is -0.582. The Morgan fingerprint density at radius 2 is 1.85 bits per heavy atom. The molecule has 0 saturated heterocycles. The summed E-state index contributed by atoms with van der Waals surface area (Å²) in [5, 5.41) is 19.8. The third kappa shape index (κ3) is 2.92. The number of aryl methyl sites for hydroxylation is 3. The Morgan fingerprint density at radius 1 is 1.15 bits per heavy atom. The monoisotopic (exact) mass is 291 g/mol. The molecule has 0 atom stereocenters. The van der Waals surface area contributed by atoms with E-state index in [1.807, 2.05) is 43.6 Å². The van der Waals surface area contributed by atoms with Crippen LogP contribution < -0.4 is 0 Å². The molecular weight excluding hydrogens is 270 g/mol. The van der Waals surface area contributed by atoms with Crippen molar-refractivity contribution in [1.29, 1.82) is 0 Å². The highest BCUT2D eigenvalue weighted by Gasteiger charge is 2.32. The van der Waals surface area contributed by atoms with Crippen LogP contribution in [-0.2, 0) is 11.8 Å². The van der Waals surface area contributed by atoms with E-state index in [9.17, 15) is 10.2 Å². The van der Waals surface area contributed by atoms with Crippen molar-refractivity contribution in [3.05, 3.63) is 51.5 Å². The topological polar surface area (TPSA) is 53.4 Å². The van der Waals surface area contributed by atoms with Crippen LogP contribution in [0, 0.1) is 13.8 Å². The summed E-state index contributed by atoms with van der Waals surface area (Å²) in [4.78, 5) is 5.48. The van der Waals surface area contributed by atoms with Crippen molar-refractivity contribution in [3.63, 3.8) is 0 Å². The van der Waals surface area contributed by atoms with Crippen LogP contribution in [-0.4, -0.2) is 28.4 Å². The summed E-state index contributed by atoms with van der Waals surface area (Å²) >= 11 is 1.64. The van der Waals surface area contributed by atoms with Crippen molar-refractivity contribution >= 4 is 11.3 Å². The second kappa shape index (κ2) is 6.48. The number of aromatic nitrogens is 1. The molecule has 108 valence electrons. The number of hydrogen-bond donors (Lipinski definition) is 2. The van der Waals surface area contributed by atoms with Gasteiger partial charge in [0.25, 0.3) is 0 Å². The van der Waals surface area contributed by atoms with Gasteiger partial charge in [0.15, 0.2) is 0 Å². The number of nitrogens with zero attached hydrogens (tertiary/aromatic N) is 1. The second-order valence-corrected chi connectivity index (χ2v) is 6.21. The first-order valence-corrected chi connectivity index (χ1v) is 7.68. The van der Waals surface area contributed by atoms with E-state index < -0.39 is 5.41 Å². The summed E-state index contributed by atoms with van der Waals surface area (Å²) in [6.45, 7) is 3.92. The highest BCUT2D eigenvalue weighted by Crippen LogP contribution is 2.32. The van der Waals surface area contributed by atoms with E-state index in [2.05, 4.69) is 4.98 Å². The van der Waals surface area contributed by atoms with Crippen LogP contribution in [0.5, 0.6) is 0 Å². The molecule has 2 rings (SSSR count). The zero-order valence-corrected chi connectivity index (χ0v) is 12.8. The lowest BCUT2D eigenvalue weighted by atomic mass is 9.76. The first-order chi connectivity index (χ1) is 9.63. The van der Waals surface area contributed by atoms with Crippen molar-refractivity contribution in [2.24, 2.45) is 0 Å². The molecule has 0 spiro atoms. The van der Waals surface area contributed by atoms with Crippen LogP contribution in [0.2, 0.25) is 0 Å². The lowest BCUT2D eigenvalue weighted by Gasteiger charge is -2.32. The number of aliphatic hydroxyl groups excluding tert-OH is 2. The van der Waals surface area contributed by atoms with Gasteiger partial charge in [-0.3, -0.25) is 0 Å². The minimum absolute atomic E-state index is 0.0494. The minimum Gasteiger partial charge on any atom is -0.395 e. The molecule has 1 aromatic heterocycles. The number of rotatable bonds is 6. The van der Waals surface area contributed by atoms with Crippen LogP contribution in [0.1, 0.15) is 28.1 Å². The van der Waals surface area contributed by atoms with Crippen LogP contribution in [0.3, 0.4) is 0 Å². The van der Waals surface area contributed by atoms with Gasteiger partial charge in [-0.1, -0.05) is 24.3 Å². The maximum atomic E-state index is 9.88. The fourth-order valence-electron chi connectivity index (χ4n) is 2.60. The van der Waals surface area contributed by atoms with Crippen LogP contribution in [0.4, 0.5) is 0 Å². The Labute approximate surface area is 123 Å². The molecule has 0 aliphatic carbocycles. The fourth-order valence-corrected chi connectivity index (χ4v) is 3.38.